The summed E-state index contributed by atoms with van der Waals surface area (Å²) in [5, 5.41) is 21.2. The van der Waals surface area contributed by atoms with Gasteiger partial charge in [0.1, 0.15) is 24.5 Å². The zero-order valence-corrected chi connectivity index (χ0v) is 7.52. The topological polar surface area (TPSA) is 78.8 Å². The highest BCUT2D eigenvalue weighted by molar-refractivity contribution is 5.73. The van der Waals surface area contributed by atoms with Gasteiger partial charge in [0.15, 0.2) is 5.76 Å². The van der Waals surface area contributed by atoms with Gasteiger partial charge in [-0.15, -0.1) is 0 Å². The number of nitrogens with one attached hydrogen (secondary N) is 1. The molecule has 0 radical (unpaired) electrons. The molecule has 0 saturated heterocycles. The van der Waals surface area contributed by atoms with Gasteiger partial charge >= 0.3 is 0 Å². The first-order valence-electron chi connectivity index (χ1n) is 4.02. The fraction of sp³-hybridized carbons (Fsp3) is 0.625. The van der Waals surface area contributed by atoms with E-state index in [1.165, 1.54) is 6.92 Å². The quantitative estimate of drug-likeness (QED) is 0.525. The number of hydrogen-bond donors (Lipinski definition) is 3. The van der Waals surface area contributed by atoms with E-state index in [4.69, 9.17) is 4.74 Å². The molecule has 1 amide bonds. The predicted octanol–water partition coefficient (Wildman–Crippen LogP) is -0.330. The van der Waals surface area contributed by atoms with E-state index in [-0.39, 0.29) is 11.7 Å². The van der Waals surface area contributed by atoms with Gasteiger partial charge in [0.2, 0.25) is 5.91 Å². The monoisotopic (exact) mass is 187 g/mol. The SMILES string of the molecule is CC(=O)NC1C(O)=CO[C@@H](C)C1O. The van der Waals surface area contributed by atoms with Crippen LogP contribution in [-0.4, -0.2) is 34.4 Å². The van der Waals surface area contributed by atoms with Gasteiger partial charge in [-0.3, -0.25) is 4.79 Å². The van der Waals surface area contributed by atoms with Crippen LogP contribution in [0, 0.1) is 0 Å². The Labute approximate surface area is 76.0 Å². The summed E-state index contributed by atoms with van der Waals surface area (Å²) in [5.74, 6) is -0.473. The molecule has 74 valence electrons. The minimum atomic E-state index is -0.922. The lowest BCUT2D eigenvalue weighted by Gasteiger charge is -2.31. The number of aliphatic hydroxyl groups excluding tert-OH is 2. The van der Waals surface area contributed by atoms with Gasteiger partial charge in [0.25, 0.3) is 0 Å². The zero-order chi connectivity index (χ0) is 10.0. The van der Waals surface area contributed by atoms with Gasteiger partial charge in [-0.05, 0) is 6.92 Å². The van der Waals surface area contributed by atoms with Crippen molar-refractivity contribution in [1.82, 2.24) is 5.32 Å². The van der Waals surface area contributed by atoms with Crippen molar-refractivity contribution < 1.29 is 19.7 Å². The van der Waals surface area contributed by atoms with Crippen molar-refractivity contribution in [1.29, 1.82) is 0 Å². The highest BCUT2D eigenvalue weighted by Crippen LogP contribution is 2.16. The van der Waals surface area contributed by atoms with Crippen molar-refractivity contribution in [3.05, 3.63) is 12.0 Å². The van der Waals surface area contributed by atoms with E-state index in [9.17, 15) is 15.0 Å². The molecule has 1 rings (SSSR count). The second-order valence-corrected chi connectivity index (χ2v) is 3.05. The number of amides is 1. The maximum absolute atomic E-state index is 10.7. The third kappa shape index (κ3) is 2.12. The molecule has 3 atom stereocenters. The Bertz CT molecular complexity index is 238. The maximum atomic E-state index is 10.7. The van der Waals surface area contributed by atoms with Crippen LogP contribution in [0.5, 0.6) is 0 Å². The molecule has 2 unspecified atom stereocenters. The number of ether oxygens (including phenoxy) is 1. The lowest BCUT2D eigenvalue weighted by molar-refractivity contribution is -0.121. The second-order valence-electron chi connectivity index (χ2n) is 3.05. The van der Waals surface area contributed by atoms with Crippen molar-refractivity contribution in [2.75, 3.05) is 0 Å². The zero-order valence-electron chi connectivity index (χ0n) is 7.52. The summed E-state index contributed by atoms with van der Waals surface area (Å²) >= 11 is 0. The van der Waals surface area contributed by atoms with Gasteiger partial charge in [0.05, 0.1) is 0 Å². The average Bonchev–Trinajstić information content (AvgIpc) is 2.05. The summed E-state index contributed by atoms with van der Waals surface area (Å²) in [4.78, 5) is 10.7. The Morgan fingerprint density at radius 2 is 2.31 bits per heavy atom. The van der Waals surface area contributed by atoms with Crippen LogP contribution in [0.2, 0.25) is 0 Å². The molecule has 3 N–H and O–H groups in total. The first-order valence-corrected chi connectivity index (χ1v) is 4.02. The average molecular weight is 187 g/mol. The third-order valence-corrected chi connectivity index (χ3v) is 1.90. The molecule has 0 aromatic carbocycles. The molecular weight excluding hydrogens is 174 g/mol. The van der Waals surface area contributed by atoms with E-state index >= 15 is 0 Å². The fourth-order valence-corrected chi connectivity index (χ4v) is 1.16. The number of rotatable bonds is 1. The predicted molar refractivity (Wildman–Crippen MR) is 44.9 cm³/mol. The minimum Gasteiger partial charge on any atom is -0.507 e. The van der Waals surface area contributed by atoms with Crippen molar-refractivity contribution in [2.24, 2.45) is 0 Å². The van der Waals surface area contributed by atoms with Crippen molar-refractivity contribution in [2.45, 2.75) is 32.1 Å². The largest absolute Gasteiger partial charge is 0.507 e. The molecule has 1 heterocycles. The van der Waals surface area contributed by atoms with E-state index < -0.39 is 18.2 Å². The minimum absolute atomic E-state index is 0.166. The standard InChI is InChI=1S/C8H13NO4/c1-4-8(12)7(9-5(2)10)6(11)3-13-4/h3-4,7-8,11-12H,1-2H3,(H,9,10)/t4-,7?,8?/m0/s1. The number of carbonyl (C=O) groups is 1. The molecule has 1 aliphatic heterocycles. The van der Waals surface area contributed by atoms with Gasteiger partial charge in [-0.2, -0.15) is 0 Å². The van der Waals surface area contributed by atoms with Crippen molar-refractivity contribution in [3.8, 4) is 0 Å². The fourth-order valence-electron chi connectivity index (χ4n) is 1.16. The lowest BCUT2D eigenvalue weighted by atomic mass is 10.0. The van der Waals surface area contributed by atoms with Crippen LogP contribution in [0.4, 0.5) is 0 Å². The third-order valence-electron chi connectivity index (χ3n) is 1.90. The summed E-state index contributed by atoms with van der Waals surface area (Å²) in [7, 11) is 0. The first-order chi connectivity index (χ1) is 6.02. The molecule has 0 aromatic rings. The smallest absolute Gasteiger partial charge is 0.217 e. The molecule has 1 aliphatic rings. The molecule has 0 spiro atoms. The van der Waals surface area contributed by atoms with Crippen LogP contribution in [0.3, 0.4) is 0 Å². The molecule has 0 aliphatic carbocycles. The molecule has 0 fully saturated rings. The van der Waals surface area contributed by atoms with E-state index in [2.05, 4.69) is 5.32 Å². The normalized spacial score (nSPS) is 33.2. The summed E-state index contributed by atoms with van der Waals surface area (Å²) in [6, 6.07) is -0.763. The Morgan fingerprint density at radius 1 is 1.69 bits per heavy atom. The number of carbonyl (C=O) groups excluding carboxylic acids is 1. The van der Waals surface area contributed by atoms with Crippen LogP contribution in [0.25, 0.3) is 0 Å². The number of aliphatic hydroxyl groups is 2. The van der Waals surface area contributed by atoms with Crippen LogP contribution in [0.1, 0.15) is 13.8 Å². The van der Waals surface area contributed by atoms with Crippen LogP contribution in [-0.2, 0) is 9.53 Å². The highest BCUT2D eigenvalue weighted by Gasteiger charge is 2.33. The van der Waals surface area contributed by atoms with E-state index in [0.29, 0.717) is 0 Å². The summed E-state index contributed by atoms with van der Waals surface area (Å²) in [6.07, 6.45) is -0.223. The molecule has 5 heteroatoms. The van der Waals surface area contributed by atoms with E-state index in [1.54, 1.807) is 6.92 Å². The first kappa shape index (κ1) is 9.85. The van der Waals surface area contributed by atoms with Gasteiger partial charge in [-0.1, -0.05) is 0 Å². The Kier molecular flexibility index (Phi) is 2.77. The van der Waals surface area contributed by atoms with Crippen LogP contribution in [0.15, 0.2) is 12.0 Å². The molecular formula is C8H13NO4. The van der Waals surface area contributed by atoms with E-state index in [0.717, 1.165) is 6.26 Å². The highest BCUT2D eigenvalue weighted by atomic mass is 16.5. The summed E-state index contributed by atoms with van der Waals surface area (Å²) < 4.78 is 4.90. The Hall–Kier alpha value is -1.23. The summed E-state index contributed by atoms with van der Waals surface area (Å²) in [6.45, 7) is 2.97. The van der Waals surface area contributed by atoms with Gasteiger partial charge in [0, 0.05) is 6.92 Å². The lowest BCUT2D eigenvalue weighted by Crippen LogP contribution is -2.50. The Morgan fingerprint density at radius 3 is 2.85 bits per heavy atom. The molecule has 0 saturated carbocycles. The van der Waals surface area contributed by atoms with Crippen molar-refractivity contribution >= 4 is 5.91 Å². The van der Waals surface area contributed by atoms with E-state index in [1.807, 2.05) is 0 Å². The second kappa shape index (κ2) is 3.66. The van der Waals surface area contributed by atoms with Gasteiger partial charge in [-0.25, -0.2) is 0 Å². The maximum Gasteiger partial charge on any atom is 0.217 e. The van der Waals surface area contributed by atoms with Crippen molar-refractivity contribution in [3.63, 3.8) is 0 Å². The van der Waals surface area contributed by atoms with Crippen LogP contribution < -0.4 is 5.32 Å². The molecule has 5 nitrogen and oxygen atoms in total. The van der Waals surface area contributed by atoms with Gasteiger partial charge < -0.3 is 20.3 Å². The van der Waals surface area contributed by atoms with Crippen LogP contribution >= 0.6 is 0 Å². The molecule has 13 heavy (non-hydrogen) atoms. The Balaban J connectivity index is 2.73. The number of hydrogen-bond acceptors (Lipinski definition) is 4. The molecule has 0 aromatic heterocycles. The summed E-state index contributed by atoms with van der Waals surface area (Å²) in [5.41, 5.74) is 0. The molecule has 0 bridgehead atoms.